The average Bonchev–Trinajstić information content (AvgIpc) is 2.59. The summed E-state index contributed by atoms with van der Waals surface area (Å²) in [4.78, 5) is 21.5. The summed E-state index contributed by atoms with van der Waals surface area (Å²) in [5.74, 6) is -0.792. The van der Waals surface area contributed by atoms with Gasteiger partial charge in [0.2, 0.25) is 0 Å². The third-order valence-corrected chi connectivity index (χ3v) is 4.72. The van der Waals surface area contributed by atoms with Gasteiger partial charge in [0.1, 0.15) is 10.8 Å². The predicted octanol–water partition coefficient (Wildman–Crippen LogP) is 5.99. The molecule has 0 heterocycles. The zero-order valence-corrected chi connectivity index (χ0v) is 16.0. The Morgan fingerprint density at radius 2 is 1.76 bits per heavy atom. The van der Waals surface area contributed by atoms with Crippen LogP contribution in [0.15, 0.2) is 24.3 Å². The van der Waals surface area contributed by atoms with Crippen molar-refractivity contribution in [2.75, 3.05) is 11.4 Å². The molecule has 0 saturated heterocycles. The van der Waals surface area contributed by atoms with E-state index in [1.54, 1.807) is 0 Å². The fourth-order valence-electron chi connectivity index (χ4n) is 2.67. The zero-order valence-electron chi connectivity index (χ0n) is 14.5. The van der Waals surface area contributed by atoms with Crippen LogP contribution in [0, 0.1) is 26.0 Å². The molecule has 7 nitrogen and oxygen atoms in total. The van der Waals surface area contributed by atoms with E-state index in [1.807, 2.05) is 0 Å². The Morgan fingerprint density at radius 3 is 2.21 bits per heavy atom. The van der Waals surface area contributed by atoms with Gasteiger partial charge in [-0.3, -0.25) is 20.2 Å². The lowest BCUT2D eigenvalue weighted by atomic mass is 10.1. The molecule has 0 aliphatic carbocycles. The Balaban J connectivity index is 2.82. The molecule has 0 saturated carbocycles. The SMILES string of the molecule is CCN(Cc1c(F)cccc1Cl)c1c([N+](=O)[O-])cc(C(F)(F)F)c(Cl)c1[N+](=O)[O-]. The number of nitro groups is 2. The molecule has 0 spiro atoms. The maximum Gasteiger partial charge on any atom is 0.418 e. The first-order chi connectivity index (χ1) is 13.4. The standard InChI is InChI=1S/C16H11Cl2F4N3O4/c1-2-23(7-8-10(17)4-3-5-11(8)19)14-12(24(26)27)6-9(16(20,21)22)13(18)15(14)25(28)29/h3-6H,2,7H2,1H3. The largest absolute Gasteiger partial charge is 0.418 e. The molecule has 0 N–H and O–H groups in total. The molecule has 0 bridgehead atoms. The minimum absolute atomic E-state index is 0.0632. The van der Waals surface area contributed by atoms with E-state index >= 15 is 0 Å². The minimum atomic E-state index is -5.17. The molecular weight excluding hydrogens is 445 g/mol. The number of rotatable bonds is 6. The Hall–Kier alpha value is -2.66. The topological polar surface area (TPSA) is 89.5 Å². The Labute approximate surface area is 170 Å². The summed E-state index contributed by atoms with van der Waals surface area (Å²) in [5.41, 5.74) is -5.14. The van der Waals surface area contributed by atoms with Crippen molar-refractivity contribution in [3.05, 3.63) is 71.5 Å². The molecule has 0 aliphatic rings. The van der Waals surface area contributed by atoms with Crippen molar-refractivity contribution >= 4 is 40.3 Å². The third kappa shape index (κ3) is 4.51. The molecule has 2 aromatic carbocycles. The second kappa shape index (κ2) is 8.37. The van der Waals surface area contributed by atoms with Crippen LogP contribution in [0.5, 0.6) is 0 Å². The van der Waals surface area contributed by atoms with E-state index in [4.69, 9.17) is 23.2 Å². The van der Waals surface area contributed by atoms with Crippen molar-refractivity contribution in [1.82, 2.24) is 0 Å². The van der Waals surface area contributed by atoms with Gasteiger partial charge in [-0.25, -0.2) is 4.39 Å². The van der Waals surface area contributed by atoms with Crippen molar-refractivity contribution in [3.8, 4) is 0 Å². The third-order valence-electron chi connectivity index (χ3n) is 3.99. The van der Waals surface area contributed by atoms with Crippen LogP contribution in [0.3, 0.4) is 0 Å². The molecule has 0 atom stereocenters. The monoisotopic (exact) mass is 455 g/mol. The van der Waals surface area contributed by atoms with E-state index in [2.05, 4.69) is 0 Å². The van der Waals surface area contributed by atoms with Crippen LogP contribution in [0.1, 0.15) is 18.1 Å². The van der Waals surface area contributed by atoms with Crippen molar-refractivity contribution < 1.29 is 27.4 Å². The fraction of sp³-hybridized carbons (Fsp3) is 0.250. The van der Waals surface area contributed by atoms with E-state index in [0.29, 0.717) is 0 Å². The first kappa shape index (κ1) is 22.6. The number of anilines is 1. The number of benzene rings is 2. The molecule has 0 radical (unpaired) electrons. The van der Waals surface area contributed by atoms with E-state index < -0.39 is 56.0 Å². The number of hydrogen-bond acceptors (Lipinski definition) is 5. The highest BCUT2D eigenvalue weighted by Gasteiger charge is 2.43. The molecule has 0 amide bonds. The summed E-state index contributed by atoms with van der Waals surface area (Å²) in [6.45, 7) is 0.785. The smallest absolute Gasteiger partial charge is 0.356 e. The van der Waals surface area contributed by atoms with E-state index in [9.17, 15) is 37.8 Å². The van der Waals surface area contributed by atoms with Crippen LogP contribution >= 0.6 is 23.2 Å². The maximum atomic E-state index is 14.1. The number of nitro benzene ring substituents is 2. The first-order valence-electron chi connectivity index (χ1n) is 7.80. The van der Waals surface area contributed by atoms with Gasteiger partial charge in [0.15, 0.2) is 5.69 Å². The average molecular weight is 456 g/mol. The molecule has 0 aromatic heterocycles. The van der Waals surface area contributed by atoms with Crippen LogP contribution in [-0.2, 0) is 12.7 Å². The van der Waals surface area contributed by atoms with Crippen molar-refractivity contribution in [2.24, 2.45) is 0 Å². The van der Waals surface area contributed by atoms with Gasteiger partial charge in [-0.2, -0.15) is 13.2 Å². The predicted molar refractivity (Wildman–Crippen MR) is 97.9 cm³/mol. The molecule has 29 heavy (non-hydrogen) atoms. The second-order valence-corrected chi connectivity index (χ2v) is 6.47. The van der Waals surface area contributed by atoms with Crippen molar-refractivity contribution in [3.63, 3.8) is 0 Å². The minimum Gasteiger partial charge on any atom is -0.356 e. The van der Waals surface area contributed by atoms with Crippen LogP contribution in [0.25, 0.3) is 0 Å². The number of nitrogens with zero attached hydrogens (tertiary/aromatic N) is 3. The second-order valence-electron chi connectivity index (χ2n) is 5.68. The number of alkyl halides is 3. The normalized spacial score (nSPS) is 11.4. The lowest BCUT2D eigenvalue weighted by Crippen LogP contribution is -2.25. The van der Waals surface area contributed by atoms with Crippen LogP contribution in [0.2, 0.25) is 10.0 Å². The highest BCUT2D eigenvalue weighted by atomic mass is 35.5. The van der Waals surface area contributed by atoms with Gasteiger partial charge in [0, 0.05) is 29.7 Å². The molecule has 0 aliphatic heterocycles. The number of hydrogen-bond donors (Lipinski definition) is 0. The highest BCUT2D eigenvalue weighted by molar-refractivity contribution is 6.34. The van der Waals surface area contributed by atoms with E-state index in [0.717, 1.165) is 11.0 Å². The molecular formula is C16H11Cl2F4N3O4. The molecule has 0 fully saturated rings. The Morgan fingerprint density at radius 1 is 1.14 bits per heavy atom. The zero-order chi connectivity index (χ0) is 22.1. The van der Waals surface area contributed by atoms with Gasteiger partial charge >= 0.3 is 11.9 Å². The first-order valence-corrected chi connectivity index (χ1v) is 8.56. The van der Waals surface area contributed by atoms with Crippen LogP contribution in [-0.4, -0.2) is 16.4 Å². The van der Waals surface area contributed by atoms with Gasteiger partial charge < -0.3 is 4.90 Å². The fourth-order valence-corrected chi connectivity index (χ4v) is 3.21. The van der Waals surface area contributed by atoms with Gasteiger partial charge in [-0.15, -0.1) is 0 Å². The van der Waals surface area contributed by atoms with E-state index in [1.165, 1.54) is 19.1 Å². The Bertz CT molecular complexity index is 965. The summed E-state index contributed by atoms with van der Waals surface area (Å²) < 4.78 is 53.7. The lowest BCUT2D eigenvalue weighted by molar-refractivity contribution is -0.393. The maximum absolute atomic E-state index is 14.1. The van der Waals surface area contributed by atoms with Gasteiger partial charge in [-0.05, 0) is 19.1 Å². The molecule has 2 rings (SSSR count). The number of halogens is 6. The van der Waals surface area contributed by atoms with Crippen molar-refractivity contribution in [2.45, 2.75) is 19.6 Å². The highest BCUT2D eigenvalue weighted by Crippen LogP contribution is 2.49. The molecule has 0 unspecified atom stereocenters. The summed E-state index contributed by atoms with van der Waals surface area (Å²) in [5, 5.41) is 21.6. The van der Waals surface area contributed by atoms with Gasteiger partial charge in [-0.1, -0.05) is 29.3 Å². The molecule has 2 aromatic rings. The summed E-state index contributed by atoms with van der Waals surface area (Å²) in [6, 6.07) is 3.81. The van der Waals surface area contributed by atoms with Gasteiger partial charge in [0.05, 0.1) is 15.4 Å². The van der Waals surface area contributed by atoms with Crippen LogP contribution in [0.4, 0.5) is 34.6 Å². The summed E-state index contributed by atoms with van der Waals surface area (Å²) in [6.07, 6.45) is -5.17. The molecule has 156 valence electrons. The quantitative estimate of drug-likeness (QED) is 0.303. The lowest BCUT2D eigenvalue weighted by Gasteiger charge is -2.24. The van der Waals surface area contributed by atoms with Gasteiger partial charge in [0.25, 0.3) is 5.69 Å². The Kier molecular flexibility index (Phi) is 6.53. The summed E-state index contributed by atoms with van der Waals surface area (Å²) >= 11 is 11.6. The van der Waals surface area contributed by atoms with E-state index in [-0.39, 0.29) is 23.2 Å². The van der Waals surface area contributed by atoms with Crippen molar-refractivity contribution in [1.29, 1.82) is 0 Å². The van der Waals surface area contributed by atoms with Crippen LogP contribution < -0.4 is 4.90 Å². The molecule has 13 heteroatoms. The summed E-state index contributed by atoms with van der Waals surface area (Å²) in [7, 11) is 0.